The second-order valence-corrected chi connectivity index (χ2v) is 5.82. The molecule has 1 aromatic carbocycles. The molecule has 0 saturated carbocycles. The minimum absolute atomic E-state index is 0.0218. The molecule has 2 rings (SSSR count). The Morgan fingerprint density at radius 2 is 1.95 bits per heavy atom. The van der Waals surface area contributed by atoms with Crippen molar-refractivity contribution in [2.24, 2.45) is 0 Å². The van der Waals surface area contributed by atoms with E-state index in [2.05, 4.69) is 5.32 Å². The molecule has 0 spiro atoms. The number of benzene rings is 1. The number of nitrogens with two attached hydrogens (primary N) is 1. The molecule has 1 fully saturated rings. The number of carbonyl (C=O) groups excluding carboxylic acids is 2. The number of hydrogen-bond acceptors (Lipinski definition) is 3. The van der Waals surface area contributed by atoms with Crippen molar-refractivity contribution in [2.45, 2.75) is 31.7 Å². The largest absolute Gasteiger partial charge is 0.399 e. The van der Waals surface area contributed by atoms with Gasteiger partial charge in [0.15, 0.2) is 0 Å². The van der Waals surface area contributed by atoms with Gasteiger partial charge < -0.3 is 16.0 Å². The summed E-state index contributed by atoms with van der Waals surface area (Å²) in [4.78, 5) is 25.9. The van der Waals surface area contributed by atoms with Gasteiger partial charge in [-0.2, -0.15) is 0 Å². The monoisotopic (exact) mass is 275 g/mol. The highest BCUT2D eigenvalue weighted by atomic mass is 16.2. The molecule has 108 valence electrons. The van der Waals surface area contributed by atoms with Gasteiger partial charge in [0.1, 0.15) is 6.04 Å². The maximum Gasteiger partial charge on any atom is 0.244 e. The molecule has 1 heterocycles. The summed E-state index contributed by atoms with van der Waals surface area (Å²) in [5.41, 5.74) is 6.50. The summed E-state index contributed by atoms with van der Waals surface area (Å²) >= 11 is 0. The van der Waals surface area contributed by atoms with E-state index in [1.807, 2.05) is 26.0 Å². The van der Waals surface area contributed by atoms with Crippen molar-refractivity contribution in [1.82, 2.24) is 10.2 Å². The molecule has 1 aliphatic rings. The van der Waals surface area contributed by atoms with Gasteiger partial charge in [-0.3, -0.25) is 9.59 Å². The average Bonchev–Trinajstić information content (AvgIpc) is 2.71. The van der Waals surface area contributed by atoms with Crippen molar-refractivity contribution in [3.63, 3.8) is 0 Å². The number of anilines is 1. The Morgan fingerprint density at radius 1 is 1.35 bits per heavy atom. The van der Waals surface area contributed by atoms with E-state index in [0.717, 1.165) is 5.56 Å². The first-order valence-corrected chi connectivity index (χ1v) is 6.74. The number of nitrogens with one attached hydrogen (secondary N) is 1. The zero-order chi connectivity index (χ0) is 14.9. The van der Waals surface area contributed by atoms with Crippen molar-refractivity contribution < 1.29 is 9.59 Å². The molecule has 3 N–H and O–H groups in total. The Hall–Kier alpha value is -2.04. The van der Waals surface area contributed by atoms with E-state index in [4.69, 9.17) is 5.73 Å². The third kappa shape index (κ3) is 2.61. The van der Waals surface area contributed by atoms with E-state index in [1.54, 1.807) is 24.1 Å². The lowest BCUT2D eigenvalue weighted by Gasteiger charge is -2.26. The van der Waals surface area contributed by atoms with Gasteiger partial charge in [0, 0.05) is 19.3 Å². The van der Waals surface area contributed by atoms with Crippen LogP contribution in [0.25, 0.3) is 0 Å². The number of nitrogens with zero attached hydrogens (tertiary/aromatic N) is 1. The fourth-order valence-electron chi connectivity index (χ4n) is 2.33. The predicted molar refractivity (Wildman–Crippen MR) is 78.1 cm³/mol. The minimum Gasteiger partial charge on any atom is -0.399 e. The maximum atomic E-state index is 12.4. The highest BCUT2D eigenvalue weighted by Crippen LogP contribution is 2.25. The Labute approximate surface area is 119 Å². The van der Waals surface area contributed by atoms with Gasteiger partial charge >= 0.3 is 0 Å². The number of likely N-dealkylation sites (tertiary alicyclic amines) is 1. The molecule has 0 radical (unpaired) electrons. The average molecular weight is 275 g/mol. The highest BCUT2D eigenvalue weighted by molar-refractivity contribution is 5.93. The lowest BCUT2D eigenvalue weighted by molar-refractivity contribution is -0.133. The normalized spacial score (nSPS) is 19.2. The van der Waals surface area contributed by atoms with Crippen molar-refractivity contribution in [2.75, 3.05) is 19.3 Å². The van der Waals surface area contributed by atoms with E-state index in [1.165, 1.54) is 0 Å². The van der Waals surface area contributed by atoms with Crippen LogP contribution >= 0.6 is 0 Å². The topological polar surface area (TPSA) is 75.4 Å². The second-order valence-electron chi connectivity index (χ2n) is 5.82. The maximum absolute atomic E-state index is 12.4. The molecule has 1 saturated heterocycles. The molecular formula is C15H21N3O2. The lowest BCUT2D eigenvalue weighted by Crippen LogP contribution is -2.47. The fourth-order valence-corrected chi connectivity index (χ4v) is 2.33. The molecule has 0 bridgehead atoms. The first-order valence-electron chi connectivity index (χ1n) is 6.74. The van der Waals surface area contributed by atoms with E-state index in [9.17, 15) is 9.59 Å². The molecule has 2 amide bonds. The summed E-state index contributed by atoms with van der Waals surface area (Å²) in [7, 11) is 1.75. The fraction of sp³-hybridized carbons (Fsp3) is 0.467. The molecule has 5 heteroatoms. The van der Waals surface area contributed by atoms with E-state index in [0.29, 0.717) is 18.7 Å². The van der Waals surface area contributed by atoms with Crippen LogP contribution in [0.4, 0.5) is 5.69 Å². The third-order valence-corrected chi connectivity index (χ3v) is 3.93. The summed E-state index contributed by atoms with van der Waals surface area (Å²) < 4.78 is 0. The van der Waals surface area contributed by atoms with Crippen molar-refractivity contribution >= 4 is 17.5 Å². The van der Waals surface area contributed by atoms with Crippen LogP contribution in [0.1, 0.15) is 25.8 Å². The van der Waals surface area contributed by atoms with Gasteiger partial charge in [-0.25, -0.2) is 0 Å². The van der Waals surface area contributed by atoms with Gasteiger partial charge in [-0.15, -0.1) is 0 Å². The lowest BCUT2D eigenvalue weighted by atomic mass is 9.83. The summed E-state index contributed by atoms with van der Waals surface area (Å²) in [6.07, 6.45) is 0.666. The molecule has 5 nitrogen and oxygen atoms in total. The first-order chi connectivity index (χ1) is 9.32. The number of likely N-dealkylation sites (N-methyl/N-ethyl adjacent to an activating group) is 1. The summed E-state index contributed by atoms with van der Waals surface area (Å²) in [5.74, 6) is -0.164. The van der Waals surface area contributed by atoms with Gasteiger partial charge in [0.25, 0.3) is 0 Å². The molecular weight excluding hydrogens is 254 g/mol. The zero-order valence-electron chi connectivity index (χ0n) is 12.1. The standard InChI is InChI=1S/C15H21N3O2/c1-15(2,10-4-6-11(16)7-5-10)14(20)17-12-8-9-18(3)13(12)19/h4-7,12H,8-9,16H2,1-3H3,(H,17,20). The quantitative estimate of drug-likeness (QED) is 0.805. The number of amides is 2. The molecule has 1 aromatic rings. The van der Waals surface area contributed by atoms with Crippen LogP contribution in [0.15, 0.2) is 24.3 Å². The van der Waals surface area contributed by atoms with Crippen LogP contribution in [0.3, 0.4) is 0 Å². The van der Waals surface area contributed by atoms with Crippen LogP contribution in [0, 0.1) is 0 Å². The van der Waals surface area contributed by atoms with Crippen LogP contribution in [-0.2, 0) is 15.0 Å². The molecule has 0 aliphatic carbocycles. The van der Waals surface area contributed by atoms with Gasteiger partial charge in [0.05, 0.1) is 5.41 Å². The Morgan fingerprint density at radius 3 is 2.45 bits per heavy atom. The first kappa shape index (κ1) is 14.4. The van der Waals surface area contributed by atoms with Crippen molar-refractivity contribution in [3.8, 4) is 0 Å². The summed E-state index contributed by atoms with van der Waals surface area (Å²) in [6, 6.07) is 6.84. The number of nitrogen functional groups attached to an aromatic ring is 1. The number of hydrogen-bond donors (Lipinski definition) is 2. The Bertz CT molecular complexity index is 522. The number of carbonyl (C=O) groups is 2. The summed E-state index contributed by atoms with van der Waals surface area (Å²) in [6.45, 7) is 4.38. The Balaban J connectivity index is 2.11. The molecule has 0 aromatic heterocycles. The summed E-state index contributed by atoms with van der Waals surface area (Å²) in [5, 5.41) is 2.85. The van der Waals surface area contributed by atoms with E-state index >= 15 is 0 Å². The zero-order valence-corrected chi connectivity index (χ0v) is 12.1. The van der Waals surface area contributed by atoms with Crippen LogP contribution in [0.2, 0.25) is 0 Å². The van der Waals surface area contributed by atoms with Gasteiger partial charge in [-0.1, -0.05) is 12.1 Å². The molecule has 1 aliphatic heterocycles. The van der Waals surface area contributed by atoms with Crippen LogP contribution < -0.4 is 11.1 Å². The predicted octanol–water partition coefficient (Wildman–Crippen LogP) is 0.893. The van der Waals surface area contributed by atoms with E-state index < -0.39 is 11.5 Å². The van der Waals surface area contributed by atoms with E-state index in [-0.39, 0.29) is 11.8 Å². The number of rotatable bonds is 3. The Kier molecular flexibility index (Phi) is 3.70. The molecule has 20 heavy (non-hydrogen) atoms. The second kappa shape index (κ2) is 5.15. The van der Waals surface area contributed by atoms with Gasteiger partial charge in [0.2, 0.25) is 11.8 Å². The van der Waals surface area contributed by atoms with Crippen LogP contribution in [-0.4, -0.2) is 36.3 Å². The molecule has 1 atom stereocenters. The third-order valence-electron chi connectivity index (χ3n) is 3.93. The smallest absolute Gasteiger partial charge is 0.244 e. The van der Waals surface area contributed by atoms with Crippen molar-refractivity contribution in [3.05, 3.63) is 29.8 Å². The van der Waals surface area contributed by atoms with Crippen LogP contribution in [0.5, 0.6) is 0 Å². The van der Waals surface area contributed by atoms with Gasteiger partial charge in [-0.05, 0) is 38.0 Å². The van der Waals surface area contributed by atoms with Crippen molar-refractivity contribution in [1.29, 1.82) is 0 Å². The SMILES string of the molecule is CN1CCC(NC(=O)C(C)(C)c2ccc(N)cc2)C1=O. The molecule has 1 unspecified atom stereocenters. The minimum atomic E-state index is -0.699. The highest BCUT2D eigenvalue weighted by Gasteiger charge is 2.36.